The van der Waals surface area contributed by atoms with Gasteiger partial charge < -0.3 is 10.1 Å². The number of nitrogens with one attached hydrogen (secondary N) is 1. The lowest BCUT2D eigenvalue weighted by Gasteiger charge is -2.08. The second-order valence-corrected chi connectivity index (χ2v) is 6.04. The van der Waals surface area contributed by atoms with Gasteiger partial charge in [-0.1, -0.05) is 30.0 Å². The molecule has 2 rings (SSSR count). The average molecular weight is 331 g/mol. The van der Waals surface area contributed by atoms with Gasteiger partial charge in [0.1, 0.15) is 12.4 Å². The van der Waals surface area contributed by atoms with Crippen LogP contribution >= 0.6 is 11.8 Å². The summed E-state index contributed by atoms with van der Waals surface area (Å²) >= 11 is 1.34. The van der Waals surface area contributed by atoms with E-state index in [4.69, 9.17) is 4.74 Å². The highest BCUT2D eigenvalue weighted by Gasteiger charge is 2.08. The molecule has 0 aliphatic rings. The van der Waals surface area contributed by atoms with Crippen LogP contribution in [0.25, 0.3) is 0 Å². The topological polar surface area (TPSA) is 64.1 Å². The fourth-order valence-corrected chi connectivity index (χ4v) is 2.63. The van der Waals surface area contributed by atoms with Gasteiger partial charge in [0.05, 0.1) is 12.3 Å². The molecule has 6 heteroatoms. The zero-order valence-electron chi connectivity index (χ0n) is 13.6. The van der Waals surface area contributed by atoms with Crippen molar-refractivity contribution in [3.8, 4) is 5.75 Å². The summed E-state index contributed by atoms with van der Waals surface area (Å²) in [6, 6.07) is 9.53. The van der Waals surface area contributed by atoms with Gasteiger partial charge in [-0.3, -0.25) is 4.79 Å². The molecule has 0 atom stereocenters. The summed E-state index contributed by atoms with van der Waals surface area (Å²) in [5, 5.41) is 3.46. The van der Waals surface area contributed by atoms with E-state index in [9.17, 15) is 4.79 Å². The van der Waals surface area contributed by atoms with Crippen molar-refractivity contribution in [2.24, 2.45) is 0 Å². The van der Waals surface area contributed by atoms with Gasteiger partial charge in [0.25, 0.3) is 0 Å². The van der Waals surface area contributed by atoms with E-state index >= 15 is 0 Å². The first kappa shape index (κ1) is 17.3. The third-order valence-electron chi connectivity index (χ3n) is 3.38. The number of benzene rings is 1. The fraction of sp³-hybridized carbons (Fsp3) is 0.353. The van der Waals surface area contributed by atoms with E-state index in [-0.39, 0.29) is 5.91 Å². The minimum atomic E-state index is -0.0499. The summed E-state index contributed by atoms with van der Waals surface area (Å²) in [7, 11) is 0. The van der Waals surface area contributed by atoms with Crippen molar-refractivity contribution in [1.82, 2.24) is 15.3 Å². The number of hydrogen-bond acceptors (Lipinski definition) is 5. The molecular formula is C17H21N3O2S. The van der Waals surface area contributed by atoms with Crippen LogP contribution in [0.1, 0.15) is 17.0 Å². The molecule has 0 fully saturated rings. The van der Waals surface area contributed by atoms with Crippen molar-refractivity contribution in [3.05, 3.63) is 47.3 Å². The van der Waals surface area contributed by atoms with E-state index < -0.39 is 0 Å². The molecular weight excluding hydrogens is 310 g/mol. The van der Waals surface area contributed by atoms with Crippen molar-refractivity contribution >= 4 is 17.7 Å². The molecule has 122 valence electrons. The third-order valence-corrected chi connectivity index (χ3v) is 4.23. The highest BCUT2D eigenvalue weighted by molar-refractivity contribution is 7.99. The number of nitrogens with zero attached hydrogens (tertiary/aromatic N) is 2. The van der Waals surface area contributed by atoms with Crippen molar-refractivity contribution in [1.29, 1.82) is 0 Å². The van der Waals surface area contributed by atoms with Crippen LogP contribution in [0.3, 0.4) is 0 Å². The van der Waals surface area contributed by atoms with Crippen LogP contribution in [-0.4, -0.2) is 34.8 Å². The standard InChI is InChI=1S/C17H21N3O2S/c1-12-13(2)19-17(20-14(12)3)23-11-16(21)18-9-10-22-15-7-5-4-6-8-15/h4-8H,9-11H2,1-3H3,(H,18,21). The molecule has 0 radical (unpaired) electrons. The lowest BCUT2D eigenvalue weighted by molar-refractivity contribution is -0.118. The molecule has 2 aromatic rings. The summed E-state index contributed by atoms with van der Waals surface area (Å²) in [4.78, 5) is 20.6. The quantitative estimate of drug-likeness (QED) is 0.480. The smallest absolute Gasteiger partial charge is 0.230 e. The largest absolute Gasteiger partial charge is 0.492 e. The Morgan fingerprint density at radius 1 is 1.13 bits per heavy atom. The number of para-hydroxylation sites is 1. The predicted molar refractivity (Wildman–Crippen MR) is 91.9 cm³/mol. The molecule has 1 aromatic heterocycles. The Labute approximate surface area is 140 Å². The zero-order chi connectivity index (χ0) is 16.7. The number of aryl methyl sites for hydroxylation is 2. The van der Waals surface area contributed by atoms with Crippen LogP contribution in [0, 0.1) is 20.8 Å². The summed E-state index contributed by atoms with van der Waals surface area (Å²) < 4.78 is 5.52. The first-order valence-corrected chi connectivity index (χ1v) is 8.44. The number of hydrogen-bond donors (Lipinski definition) is 1. The molecule has 0 aliphatic heterocycles. The molecule has 1 N–H and O–H groups in total. The average Bonchev–Trinajstić information content (AvgIpc) is 2.55. The highest BCUT2D eigenvalue weighted by atomic mass is 32.2. The highest BCUT2D eigenvalue weighted by Crippen LogP contribution is 2.16. The Hall–Kier alpha value is -2.08. The van der Waals surface area contributed by atoms with E-state index in [0.29, 0.717) is 24.1 Å². The van der Waals surface area contributed by atoms with E-state index in [1.165, 1.54) is 11.8 Å². The molecule has 0 unspecified atom stereocenters. The maximum absolute atomic E-state index is 11.8. The van der Waals surface area contributed by atoms with Crippen LogP contribution in [0.5, 0.6) is 5.75 Å². The van der Waals surface area contributed by atoms with Gasteiger partial charge in [0.15, 0.2) is 5.16 Å². The molecule has 5 nitrogen and oxygen atoms in total. The van der Waals surface area contributed by atoms with Gasteiger partial charge in [-0.15, -0.1) is 0 Å². The van der Waals surface area contributed by atoms with E-state index in [0.717, 1.165) is 22.7 Å². The molecule has 1 amide bonds. The molecule has 0 bridgehead atoms. The van der Waals surface area contributed by atoms with Crippen LogP contribution < -0.4 is 10.1 Å². The van der Waals surface area contributed by atoms with E-state index in [1.54, 1.807) is 0 Å². The SMILES string of the molecule is Cc1nc(SCC(=O)NCCOc2ccccc2)nc(C)c1C. The Morgan fingerprint density at radius 2 is 1.78 bits per heavy atom. The lowest BCUT2D eigenvalue weighted by Crippen LogP contribution is -2.29. The number of carbonyl (C=O) groups is 1. The van der Waals surface area contributed by atoms with Gasteiger partial charge in [-0.2, -0.15) is 0 Å². The Kier molecular flexibility index (Phi) is 6.40. The summed E-state index contributed by atoms with van der Waals surface area (Å²) in [6.45, 7) is 6.82. The van der Waals surface area contributed by atoms with E-state index in [2.05, 4.69) is 15.3 Å². The lowest BCUT2D eigenvalue weighted by atomic mass is 10.2. The number of carbonyl (C=O) groups excluding carboxylic acids is 1. The number of ether oxygens (including phenoxy) is 1. The maximum atomic E-state index is 11.8. The first-order chi connectivity index (χ1) is 11.1. The number of aromatic nitrogens is 2. The molecule has 0 spiro atoms. The minimum Gasteiger partial charge on any atom is -0.492 e. The molecule has 0 aliphatic carbocycles. The van der Waals surface area contributed by atoms with Crippen LogP contribution in [-0.2, 0) is 4.79 Å². The summed E-state index contributed by atoms with van der Waals surface area (Å²) in [5.41, 5.74) is 3.00. The molecule has 0 saturated heterocycles. The second-order valence-electron chi connectivity index (χ2n) is 5.10. The Balaban J connectivity index is 1.69. The molecule has 23 heavy (non-hydrogen) atoms. The molecule has 1 heterocycles. The van der Waals surface area contributed by atoms with Gasteiger partial charge in [-0.05, 0) is 38.5 Å². The first-order valence-electron chi connectivity index (χ1n) is 7.45. The number of amides is 1. The van der Waals surface area contributed by atoms with Crippen LogP contribution in [0.15, 0.2) is 35.5 Å². The van der Waals surface area contributed by atoms with Crippen molar-refractivity contribution in [2.45, 2.75) is 25.9 Å². The van der Waals surface area contributed by atoms with Crippen molar-refractivity contribution < 1.29 is 9.53 Å². The Bertz CT molecular complexity index is 639. The van der Waals surface area contributed by atoms with Gasteiger partial charge in [0, 0.05) is 11.4 Å². The monoisotopic (exact) mass is 331 g/mol. The zero-order valence-corrected chi connectivity index (χ0v) is 14.4. The van der Waals surface area contributed by atoms with E-state index in [1.807, 2.05) is 51.1 Å². The third kappa shape index (κ3) is 5.56. The predicted octanol–water partition coefficient (Wildman–Crippen LogP) is 2.69. The van der Waals surface area contributed by atoms with Gasteiger partial charge in [0.2, 0.25) is 5.91 Å². The fourth-order valence-electron chi connectivity index (χ4n) is 1.86. The second kappa shape index (κ2) is 8.53. The van der Waals surface area contributed by atoms with Crippen LogP contribution in [0.2, 0.25) is 0 Å². The maximum Gasteiger partial charge on any atom is 0.230 e. The molecule has 0 saturated carbocycles. The summed E-state index contributed by atoms with van der Waals surface area (Å²) in [6.07, 6.45) is 0. The Morgan fingerprint density at radius 3 is 2.43 bits per heavy atom. The van der Waals surface area contributed by atoms with Gasteiger partial charge >= 0.3 is 0 Å². The van der Waals surface area contributed by atoms with Gasteiger partial charge in [-0.25, -0.2) is 9.97 Å². The van der Waals surface area contributed by atoms with Crippen LogP contribution in [0.4, 0.5) is 0 Å². The number of rotatable bonds is 7. The molecule has 1 aromatic carbocycles. The normalized spacial score (nSPS) is 10.4. The van der Waals surface area contributed by atoms with Crippen molar-refractivity contribution in [3.63, 3.8) is 0 Å². The number of thioether (sulfide) groups is 1. The minimum absolute atomic E-state index is 0.0499. The van der Waals surface area contributed by atoms with Crippen molar-refractivity contribution in [2.75, 3.05) is 18.9 Å². The summed E-state index contributed by atoms with van der Waals surface area (Å²) in [5.74, 6) is 1.05.